The number of aryl methyl sites for hydroxylation is 1. The van der Waals surface area contributed by atoms with E-state index in [9.17, 15) is 22.7 Å². The summed E-state index contributed by atoms with van der Waals surface area (Å²) in [6.07, 6.45) is -0.0720. The lowest BCUT2D eigenvalue weighted by molar-refractivity contribution is 0.122. The fourth-order valence-electron chi connectivity index (χ4n) is 3.25. The molecule has 2 heterocycles. The summed E-state index contributed by atoms with van der Waals surface area (Å²) in [5, 5.41) is 13.7. The van der Waals surface area contributed by atoms with E-state index in [-0.39, 0.29) is 45.0 Å². The molecule has 0 aliphatic rings. The Morgan fingerprint density at radius 2 is 1.94 bits per heavy atom. The van der Waals surface area contributed by atoms with Crippen LogP contribution in [0, 0.1) is 18.2 Å². The summed E-state index contributed by atoms with van der Waals surface area (Å²) in [7, 11) is -4.19. The molecular formula is C22H24ClFN4O4S. The van der Waals surface area contributed by atoms with Crippen molar-refractivity contribution in [2.24, 2.45) is 5.41 Å². The highest BCUT2D eigenvalue weighted by Gasteiger charge is 2.29. The van der Waals surface area contributed by atoms with E-state index in [2.05, 4.69) is 10.1 Å². The van der Waals surface area contributed by atoms with E-state index in [0.717, 1.165) is 15.8 Å². The van der Waals surface area contributed by atoms with Crippen molar-refractivity contribution >= 4 is 27.5 Å². The number of hydrogen-bond acceptors (Lipinski definition) is 5. The molecule has 0 aliphatic heterocycles. The van der Waals surface area contributed by atoms with Gasteiger partial charge in [0.2, 0.25) is 9.84 Å². The summed E-state index contributed by atoms with van der Waals surface area (Å²) >= 11 is 5.78. The Bertz CT molecular complexity index is 1280. The lowest BCUT2D eigenvalue weighted by atomic mass is 9.96. The van der Waals surface area contributed by atoms with Gasteiger partial charge in [-0.15, -0.1) is 0 Å². The van der Waals surface area contributed by atoms with E-state index in [1.165, 1.54) is 24.3 Å². The summed E-state index contributed by atoms with van der Waals surface area (Å²) in [6, 6.07) is 8.41. The van der Waals surface area contributed by atoms with E-state index in [0.29, 0.717) is 5.56 Å². The largest absolute Gasteiger partial charge is 0.465 e. The smallest absolute Gasteiger partial charge is 0.407 e. The maximum atomic E-state index is 14.9. The van der Waals surface area contributed by atoms with Gasteiger partial charge in [-0.1, -0.05) is 44.5 Å². The first kappa shape index (κ1) is 24.7. The van der Waals surface area contributed by atoms with Crippen molar-refractivity contribution in [3.63, 3.8) is 0 Å². The quantitative estimate of drug-likeness (QED) is 0.497. The Balaban J connectivity index is 2.17. The third kappa shape index (κ3) is 5.51. The maximum Gasteiger partial charge on any atom is 0.407 e. The highest BCUT2D eigenvalue weighted by Crippen LogP contribution is 2.28. The van der Waals surface area contributed by atoms with E-state index >= 15 is 0 Å². The lowest BCUT2D eigenvalue weighted by Gasteiger charge is -2.27. The number of nitrogens with zero attached hydrogens (tertiary/aromatic N) is 4. The van der Waals surface area contributed by atoms with Crippen LogP contribution >= 0.6 is 11.6 Å². The third-order valence-electron chi connectivity index (χ3n) is 4.70. The van der Waals surface area contributed by atoms with E-state index in [1.807, 2.05) is 20.8 Å². The Hall–Kier alpha value is -2.98. The number of pyridine rings is 1. The van der Waals surface area contributed by atoms with Gasteiger partial charge in [-0.25, -0.2) is 27.3 Å². The second-order valence-electron chi connectivity index (χ2n) is 8.81. The molecule has 0 saturated carbocycles. The van der Waals surface area contributed by atoms with Gasteiger partial charge >= 0.3 is 6.09 Å². The van der Waals surface area contributed by atoms with Crippen LogP contribution in [0.2, 0.25) is 5.15 Å². The Morgan fingerprint density at radius 3 is 2.52 bits per heavy atom. The molecule has 1 aromatic carbocycles. The van der Waals surface area contributed by atoms with Crippen molar-refractivity contribution in [3.8, 4) is 5.69 Å². The molecule has 0 aliphatic carbocycles. The van der Waals surface area contributed by atoms with Gasteiger partial charge in [0.05, 0.1) is 17.1 Å². The number of aromatic nitrogens is 3. The molecule has 176 valence electrons. The van der Waals surface area contributed by atoms with Gasteiger partial charge < -0.3 is 10.0 Å². The van der Waals surface area contributed by atoms with Gasteiger partial charge in [0.1, 0.15) is 10.8 Å². The fourth-order valence-corrected chi connectivity index (χ4v) is 4.70. The molecule has 0 radical (unpaired) electrons. The van der Waals surface area contributed by atoms with Crippen LogP contribution < -0.4 is 0 Å². The Kier molecular flexibility index (Phi) is 6.80. The summed E-state index contributed by atoms with van der Waals surface area (Å²) in [5.41, 5.74) is 0.0523. The van der Waals surface area contributed by atoms with E-state index < -0.39 is 21.7 Å². The summed E-state index contributed by atoms with van der Waals surface area (Å²) in [5.74, 6) is -0.636. The first-order valence-electron chi connectivity index (χ1n) is 9.98. The number of benzene rings is 1. The molecule has 0 bridgehead atoms. The molecule has 8 nitrogen and oxygen atoms in total. The first-order chi connectivity index (χ1) is 15.3. The molecule has 0 saturated heterocycles. The molecule has 0 atom stereocenters. The number of carbonyl (C=O) groups is 1. The predicted molar refractivity (Wildman–Crippen MR) is 121 cm³/mol. The average Bonchev–Trinajstić information content (AvgIpc) is 3.13. The molecule has 0 unspecified atom stereocenters. The zero-order valence-electron chi connectivity index (χ0n) is 18.6. The standard InChI is InChI=1S/C22H24ClFN4O4S/c1-14-6-5-7-17(20(14)24)28-19(33(31,32)16-8-9-18(23)25-11-16)10-15(26-28)12-27(21(29)30)13-22(2,3)4/h5-11H,12-13H2,1-4H3,(H,29,30). The van der Waals surface area contributed by atoms with E-state index in [4.69, 9.17) is 11.6 Å². The second kappa shape index (κ2) is 9.11. The van der Waals surface area contributed by atoms with Gasteiger partial charge in [-0.3, -0.25) is 0 Å². The van der Waals surface area contributed by atoms with Crippen LogP contribution in [0.1, 0.15) is 32.0 Å². The van der Waals surface area contributed by atoms with Crippen molar-refractivity contribution < 1.29 is 22.7 Å². The minimum absolute atomic E-state index is 0.0700. The highest BCUT2D eigenvalue weighted by molar-refractivity contribution is 7.91. The van der Waals surface area contributed by atoms with Crippen LogP contribution in [0.5, 0.6) is 0 Å². The predicted octanol–water partition coefficient (Wildman–Crippen LogP) is 4.73. The zero-order chi connectivity index (χ0) is 24.6. The molecule has 11 heteroatoms. The molecular weight excluding hydrogens is 471 g/mol. The molecule has 33 heavy (non-hydrogen) atoms. The summed E-state index contributed by atoms with van der Waals surface area (Å²) in [6.45, 7) is 7.22. The second-order valence-corrected chi connectivity index (χ2v) is 11.1. The number of halogens is 2. The molecule has 3 aromatic rings. The molecule has 3 rings (SSSR count). The van der Waals surface area contributed by atoms with Gasteiger partial charge in [0.25, 0.3) is 0 Å². The van der Waals surface area contributed by atoms with Crippen LogP contribution in [0.3, 0.4) is 0 Å². The van der Waals surface area contributed by atoms with Crippen LogP contribution in [0.25, 0.3) is 5.69 Å². The monoisotopic (exact) mass is 494 g/mol. The third-order valence-corrected chi connectivity index (χ3v) is 6.63. The molecule has 0 spiro atoms. The Labute approximate surface area is 196 Å². The number of amides is 1. The number of rotatable bonds is 6. The molecule has 0 fully saturated rings. The van der Waals surface area contributed by atoms with Gasteiger partial charge in [0.15, 0.2) is 10.8 Å². The molecule has 1 amide bonds. The van der Waals surface area contributed by atoms with Gasteiger partial charge in [0, 0.05) is 18.8 Å². The maximum absolute atomic E-state index is 14.9. The van der Waals surface area contributed by atoms with Crippen molar-refractivity contribution in [3.05, 3.63) is 64.8 Å². The van der Waals surface area contributed by atoms with Crippen molar-refractivity contribution in [1.29, 1.82) is 0 Å². The van der Waals surface area contributed by atoms with Crippen LogP contribution in [0.4, 0.5) is 9.18 Å². The lowest BCUT2D eigenvalue weighted by Crippen LogP contribution is -2.36. The molecule has 2 aromatic heterocycles. The minimum Gasteiger partial charge on any atom is -0.465 e. The summed E-state index contributed by atoms with van der Waals surface area (Å²) in [4.78, 5) is 16.6. The van der Waals surface area contributed by atoms with Crippen molar-refractivity contribution in [2.75, 3.05) is 6.54 Å². The van der Waals surface area contributed by atoms with Gasteiger partial charge in [-0.2, -0.15) is 5.10 Å². The minimum atomic E-state index is -4.19. The highest BCUT2D eigenvalue weighted by atomic mass is 35.5. The summed E-state index contributed by atoms with van der Waals surface area (Å²) < 4.78 is 42.7. The van der Waals surface area contributed by atoms with Crippen molar-refractivity contribution in [2.45, 2.75) is 44.2 Å². The van der Waals surface area contributed by atoms with Crippen LogP contribution in [-0.2, 0) is 16.4 Å². The normalized spacial score (nSPS) is 12.1. The van der Waals surface area contributed by atoms with Crippen LogP contribution in [0.15, 0.2) is 52.5 Å². The van der Waals surface area contributed by atoms with Gasteiger partial charge in [-0.05, 0) is 36.1 Å². The average molecular weight is 495 g/mol. The zero-order valence-corrected chi connectivity index (χ0v) is 20.2. The molecule has 1 N–H and O–H groups in total. The van der Waals surface area contributed by atoms with Crippen molar-refractivity contribution in [1.82, 2.24) is 19.7 Å². The Morgan fingerprint density at radius 1 is 1.24 bits per heavy atom. The first-order valence-corrected chi connectivity index (χ1v) is 11.8. The van der Waals surface area contributed by atoms with E-state index in [1.54, 1.807) is 19.1 Å². The van der Waals surface area contributed by atoms with Crippen LogP contribution in [-0.4, -0.2) is 45.8 Å². The topological polar surface area (TPSA) is 105 Å². The number of hydrogen-bond donors (Lipinski definition) is 1. The number of carboxylic acid groups (broad SMARTS) is 1. The number of sulfone groups is 1. The SMILES string of the molecule is Cc1cccc(-n2nc(CN(CC(C)(C)C)C(=O)O)cc2S(=O)(=O)c2ccc(Cl)nc2)c1F. The fraction of sp³-hybridized carbons (Fsp3) is 0.318.